The molecule has 0 atom stereocenters. The largest absolute Gasteiger partial charge is 0.454 e. The molecule has 0 saturated carbocycles. The van der Waals surface area contributed by atoms with Crippen molar-refractivity contribution < 1.29 is 9.47 Å². The normalized spacial score (nSPS) is 12.4. The van der Waals surface area contributed by atoms with E-state index in [9.17, 15) is 0 Å². The van der Waals surface area contributed by atoms with Crippen LogP contribution in [0.1, 0.15) is 11.4 Å². The zero-order valence-electron chi connectivity index (χ0n) is 9.55. The van der Waals surface area contributed by atoms with Gasteiger partial charge in [0.1, 0.15) is 0 Å². The van der Waals surface area contributed by atoms with Gasteiger partial charge in [-0.05, 0) is 18.2 Å². The molecule has 2 heterocycles. The van der Waals surface area contributed by atoms with Crippen LogP contribution in [0.4, 0.5) is 0 Å². The second-order valence-electron chi connectivity index (χ2n) is 3.85. The van der Waals surface area contributed by atoms with Gasteiger partial charge in [-0.3, -0.25) is 0 Å². The summed E-state index contributed by atoms with van der Waals surface area (Å²) in [4.78, 5) is 4.51. The molecule has 0 radical (unpaired) electrons. The average Bonchev–Trinajstić information content (AvgIpc) is 3.04. The molecule has 1 aromatic heterocycles. The molecular weight excluding hydrogens is 248 g/mol. The second kappa shape index (κ2) is 4.67. The number of nitrogens with zero attached hydrogens (tertiary/aromatic N) is 2. The van der Waals surface area contributed by atoms with Gasteiger partial charge in [0.25, 0.3) is 0 Å². The monoisotopic (exact) mass is 258 g/mol. The molecule has 1 aromatic carbocycles. The number of hydrogen-bond acceptors (Lipinski definition) is 5. The maximum Gasteiger partial charge on any atom is 0.231 e. The summed E-state index contributed by atoms with van der Waals surface area (Å²) in [6.07, 6.45) is 1.22. The Hall–Kier alpha value is -2.06. The minimum absolute atomic E-state index is 0.281. The van der Waals surface area contributed by atoms with E-state index in [0.29, 0.717) is 12.8 Å². The van der Waals surface area contributed by atoms with E-state index in [2.05, 4.69) is 11.1 Å². The molecule has 0 aliphatic carbocycles. The third-order valence-corrected chi connectivity index (χ3v) is 3.58. The predicted molar refractivity (Wildman–Crippen MR) is 67.6 cm³/mol. The first kappa shape index (κ1) is 11.1. The van der Waals surface area contributed by atoms with E-state index in [1.807, 2.05) is 23.6 Å². The lowest BCUT2D eigenvalue weighted by molar-refractivity contribution is 0.174. The number of thiazole rings is 1. The molecule has 0 saturated heterocycles. The van der Waals surface area contributed by atoms with E-state index < -0.39 is 0 Å². The summed E-state index contributed by atoms with van der Waals surface area (Å²) in [5, 5.41) is 11.5. The number of aryl methyl sites for hydroxylation is 1. The standard InChI is InChI=1S/C13H10N2O2S/c14-5-1-2-13-15-10(7-18-13)9-3-4-11-12(6-9)17-8-16-11/h3-4,6-7H,1-2,8H2. The van der Waals surface area contributed by atoms with Gasteiger partial charge in [-0.25, -0.2) is 4.98 Å². The van der Waals surface area contributed by atoms with E-state index in [0.717, 1.165) is 27.8 Å². The fourth-order valence-corrected chi connectivity index (χ4v) is 2.58. The zero-order valence-corrected chi connectivity index (χ0v) is 10.4. The van der Waals surface area contributed by atoms with Gasteiger partial charge in [-0.2, -0.15) is 5.26 Å². The first-order chi connectivity index (χ1) is 8.86. The smallest absolute Gasteiger partial charge is 0.231 e. The molecular formula is C13H10N2O2S. The number of fused-ring (bicyclic) bond motifs is 1. The summed E-state index contributed by atoms with van der Waals surface area (Å²) in [7, 11) is 0. The van der Waals surface area contributed by atoms with Crippen LogP contribution in [0.2, 0.25) is 0 Å². The Balaban J connectivity index is 1.86. The van der Waals surface area contributed by atoms with Gasteiger partial charge in [0, 0.05) is 23.8 Å². The van der Waals surface area contributed by atoms with E-state index in [4.69, 9.17) is 14.7 Å². The molecule has 0 fully saturated rings. The Morgan fingerprint density at radius 2 is 2.22 bits per heavy atom. The van der Waals surface area contributed by atoms with Crippen LogP contribution < -0.4 is 9.47 Å². The minimum atomic E-state index is 0.281. The number of hydrogen-bond donors (Lipinski definition) is 0. The van der Waals surface area contributed by atoms with E-state index >= 15 is 0 Å². The lowest BCUT2D eigenvalue weighted by Gasteiger charge is -1.99. The minimum Gasteiger partial charge on any atom is -0.454 e. The first-order valence-electron chi connectivity index (χ1n) is 5.58. The molecule has 1 aliphatic rings. The molecule has 0 bridgehead atoms. The molecule has 90 valence electrons. The fourth-order valence-electron chi connectivity index (χ4n) is 1.78. The quantitative estimate of drug-likeness (QED) is 0.849. The van der Waals surface area contributed by atoms with Crippen LogP contribution in [0.3, 0.4) is 0 Å². The summed E-state index contributed by atoms with van der Waals surface area (Å²) in [5.74, 6) is 1.54. The van der Waals surface area contributed by atoms with Gasteiger partial charge >= 0.3 is 0 Å². The van der Waals surface area contributed by atoms with Crippen LogP contribution in [-0.2, 0) is 6.42 Å². The highest BCUT2D eigenvalue weighted by Gasteiger charge is 2.14. The van der Waals surface area contributed by atoms with Crippen LogP contribution in [-0.4, -0.2) is 11.8 Å². The third kappa shape index (κ3) is 2.03. The number of aromatic nitrogens is 1. The SMILES string of the molecule is N#CCCc1nc(-c2ccc3c(c2)OCO3)cs1. The van der Waals surface area contributed by atoms with Gasteiger partial charge in [0.2, 0.25) is 6.79 Å². The van der Waals surface area contributed by atoms with Crippen molar-refractivity contribution in [3.63, 3.8) is 0 Å². The maximum atomic E-state index is 8.55. The van der Waals surface area contributed by atoms with Crippen LogP contribution >= 0.6 is 11.3 Å². The highest BCUT2D eigenvalue weighted by molar-refractivity contribution is 7.09. The van der Waals surface area contributed by atoms with Gasteiger partial charge < -0.3 is 9.47 Å². The number of nitriles is 1. The lowest BCUT2D eigenvalue weighted by atomic mass is 10.1. The number of benzene rings is 1. The molecule has 1 aliphatic heterocycles. The maximum absolute atomic E-state index is 8.55. The zero-order chi connectivity index (χ0) is 12.4. The summed E-state index contributed by atoms with van der Waals surface area (Å²) in [5.41, 5.74) is 1.94. The fraction of sp³-hybridized carbons (Fsp3) is 0.231. The van der Waals surface area contributed by atoms with E-state index in [1.165, 1.54) is 0 Å². The van der Waals surface area contributed by atoms with Crippen molar-refractivity contribution in [1.82, 2.24) is 4.98 Å². The van der Waals surface area contributed by atoms with Crippen molar-refractivity contribution in [2.45, 2.75) is 12.8 Å². The van der Waals surface area contributed by atoms with Crippen LogP contribution in [0.5, 0.6) is 11.5 Å². The average molecular weight is 258 g/mol. The van der Waals surface area contributed by atoms with Crippen LogP contribution in [0, 0.1) is 11.3 Å². The van der Waals surface area contributed by atoms with Crippen molar-refractivity contribution in [2.75, 3.05) is 6.79 Å². The Labute approximate surface area is 108 Å². The second-order valence-corrected chi connectivity index (χ2v) is 4.80. The molecule has 0 unspecified atom stereocenters. The first-order valence-corrected chi connectivity index (χ1v) is 6.46. The lowest BCUT2D eigenvalue weighted by Crippen LogP contribution is -1.92. The van der Waals surface area contributed by atoms with Crippen molar-refractivity contribution in [2.24, 2.45) is 0 Å². The molecule has 0 amide bonds. The molecule has 2 aromatic rings. The summed E-state index contributed by atoms with van der Waals surface area (Å²) < 4.78 is 10.6. The van der Waals surface area contributed by atoms with Crippen molar-refractivity contribution in [3.8, 4) is 28.8 Å². The van der Waals surface area contributed by atoms with E-state index in [-0.39, 0.29) is 6.79 Å². The van der Waals surface area contributed by atoms with Gasteiger partial charge in [-0.15, -0.1) is 11.3 Å². The molecule has 3 rings (SSSR count). The Kier molecular flexibility index (Phi) is 2.87. The molecule has 4 nitrogen and oxygen atoms in total. The van der Waals surface area contributed by atoms with Gasteiger partial charge in [-0.1, -0.05) is 0 Å². The van der Waals surface area contributed by atoms with Crippen molar-refractivity contribution in [1.29, 1.82) is 5.26 Å². The molecule has 18 heavy (non-hydrogen) atoms. The Morgan fingerprint density at radius 3 is 3.11 bits per heavy atom. The topological polar surface area (TPSA) is 55.1 Å². The predicted octanol–water partition coefficient (Wildman–Crippen LogP) is 2.99. The van der Waals surface area contributed by atoms with Crippen molar-refractivity contribution >= 4 is 11.3 Å². The summed E-state index contributed by atoms with van der Waals surface area (Å²) in [6, 6.07) is 7.93. The molecule has 5 heteroatoms. The summed E-state index contributed by atoms with van der Waals surface area (Å²) in [6.45, 7) is 0.281. The van der Waals surface area contributed by atoms with E-state index in [1.54, 1.807) is 11.3 Å². The third-order valence-electron chi connectivity index (χ3n) is 2.67. The molecule has 0 N–H and O–H groups in total. The van der Waals surface area contributed by atoms with Gasteiger partial charge in [0.15, 0.2) is 11.5 Å². The van der Waals surface area contributed by atoms with Crippen LogP contribution in [0.15, 0.2) is 23.6 Å². The number of ether oxygens (including phenoxy) is 2. The Morgan fingerprint density at radius 1 is 1.33 bits per heavy atom. The molecule has 0 spiro atoms. The highest BCUT2D eigenvalue weighted by Crippen LogP contribution is 2.36. The Bertz CT molecular complexity index is 616. The van der Waals surface area contributed by atoms with Gasteiger partial charge in [0.05, 0.1) is 16.8 Å². The summed E-state index contributed by atoms with van der Waals surface area (Å²) >= 11 is 1.58. The van der Waals surface area contributed by atoms with Crippen LogP contribution in [0.25, 0.3) is 11.3 Å². The van der Waals surface area contributed by atoms with Crippen molar-refractivity contribution in [3.05, 3.63) is 28.6 Å². The highest BCUT2D eigenvalue weighted by atomic mass is 32.1. The number of rotatable bonds is 3.